The van der Waals surface area contributed by atoms with Gasteiger partial charge in [0.1, 0.15) is 11.5 Å². The molecule has 0 atom stereocenters. The summed E-state index contributed by atoms with van der Waals surface area (Å²) in [4.78, 5) is 38.4. The quantitative estimate of drug-likeness (QED) is 0.188. The van der Waals surface area contributed by atoms with Gasteiger partial charge in [0.15, 0.2) is 0 Å². The highest BCUT2D eigenvalue weighted by Gasteiger charge is 2.24. The van der Waals surface area contributed by atoms with Gasteiger partial charge in [-0.05, 0) is 48.5 Å². The summed E-state index contributed by atoms with van der Waals surface area (Å²) < 4.78 is 20.6. The van der Waals surface area contributed by atoms with E-state index < -0.39 is 5.97 Å². The number of carbonyl (C=O) groups excluding carboxylic acids is 1. The smallest absolute Gasteiger partial charge is 0.335 e. The minimum absolute atomic E-state index is 0.0155. The number of nitrogens with one attached hydrogen (secondary N) is 1. The molecule has 0 aliphatic carbocycles. The first-order valence-electron chi connectivity index (χ1n) is 18.5. The van der Waals surface area contributed by atoms with Crippen LogP contribution in [0.3, 0.4) is 0 Å². The Labute approximate surface area is 330 Å². The number of ether oxygens (including phenoxy) is 2. The first-order valence-corrected chi connectivity index (χ1v) is 18.5. The summed E-state index contributed by atoms with van der Waals surface area (Å²) >= 11 is 0. The van der Waals surface area contributed by atoms with Crippen LogP contribution in [0.1, 0.15) is 32.5 Å². The lowest BCUT2D eigenvalue weighted by Crippen LogP contribution is -2.48. The highest BCUT2D eigenvalue weighted by Crippen LogP contribution is 2.29. The van der Waals surface area contributed by atoms with Crippen molar-refractivity contribution >= 4 is 23.3 Å². The number of carboxylic acids is 1. The predicted molar refractivity (Wildman–Crippen MR) is 215 cm³/mol. The third kappa shape index (κ3) is 10.3. The molecule has 8 rings (SSSR count). The van der Waals surface area contributed by atoms with Crippen LogP contribution in [0.25, 0.3) is 22.8 Å². The van der Waals surface area contributed by atoms with Crippen molar-refractivity contribution in [3.05, 3.63) is 120 Å². The zero-order valence-corrected chi connectivity index (χ0v) is 32.4. The number of aromatic carboxylic acids is 1. The van der Waals surface area contributed by atoms with E-state index in [1.165, 1.54) is 17.8 Å². The fourth-order valence-electron chi connectivity index (χ4n) is 6.44. The summed E-state index contributed by atoms with van der Waals surface area (Å²) in [5.41, 5.74) is 4.51. The lowest BCUT2D eigenvalue weighted by atomic mass is 10.1. The lowest BCUT2D eigenvalue weighted by molar-refractivity contribution is 0.0695. The summed E-state index contributed by atoms with van der Waals surface area (Å²) in [7, 11) is 3.40. The van der Waals surface area contributed by atoms with Gasteiger partial charge in [0.05, 0.1) is 31.2 Å². The van der Waals surface area contributed by atoms with Gasteiger partial charge in [-0.1, -0.05) is 58.8 Å². The Balaban J connectivity index is 0.000000159. The van der Waals surface area contributed by atoms with Gasteiger partial charge in [-0.15, -0.1) is 0 Å². The average Bonchev–Trinajstić information content (AvgIpc) is 3.92. The first kappa shape index (κ1) is 39.9. The van der Waals surface area contributed by atoms with Crippen molar-refractivity contribution in [3.63, 3.8) is 0 Å². The van der Waals surface area contributed by atoms with Gasteiger partial charge in [-0.25, -0.2) is 4.79 Å². The second-order valence-electron chi connectivity index (χ2n) is 13.1. The summed E-state index contributed by atoms with van der Waals surface area (Å²) in [6.45, 7) is 10.5. The van der Waals surface area contributed by atoms with E-state index in [0.29, 0.717) is 47.6 Å². The van der Waals surface area contributed by atoms with Crippen molar-refractivity contribution in [1.29, 1.82) is 0 Å². The number of benzene rings is 4. The Hall–Kier alpha value is -6.74. The molecule has 1 amide bonds. The molecule has 2 N–H and O–H groups in total. The summed E-state index contributed by atoms with van der Waals surface area (Å²) in [6, 6.07) is 29.9. The molecule has 2 fully saturated rings. The van der Waals surface area contributed by atoms with Gasteiger partial charge >= 0.3 is 5.97 Å². The third-order valence-corrected chi connectivity index (χ3v) is 9.33. The molecule has 0 saturated carbocycles. The molecule has 0 bridgehead atoms. The molecular formula is C42H46N8O7. The van der Waals surface area contributed by atoms with Crippen LogP contribution >= 0.6 is 0 Å². The number of para-hydroxylation sites is 4. The zero-order chi connectivity index (χ0) is 40.1. The standard InChI is InChI=1S/C21H22N4O3.C11H16N2O.C10H8N2O3/c1-15-22-20(23-28-15)16-6-5-7-17(14-16)21(26)25-12-10-24(11-13-25)18-8-3-4-9-19(18)27-2;1-14-11-5-3-2-4-10(11)13-8-6-12-7-9-13;1-6-11-9(12-15-6)7-3-2-4-8(5-7)10(13)14/h3-9,14H,10-13H2,1-2H3;2-5,12H,6-9H2,1H3;2-5H,1H3,(H,13,14). The van der Waals surface area contributed by atoms with Gasteiger partial charge in [-0.3, -0.25) is 4.79 Å². The van der Waals surface area contributed by atoms with Gasteiger partial charge in [-0.2, -0.15) is 9.97 Å². The Kier molecular flexibility index (Phi) is 13.5. The van der Waals surface area contributed by atoms with E-state index in [1.807, 2.05) is 65.6 Å². The maximum atomic E-state index is 13.0. The molecule has 0 radical (unpaired) electrons. The molecule has 4 aromatic carbocycles. The summed E-state index contributed by atoms with van der Waals surface area (Å²) in [5, 5.41) is 19.8. The molecule has 0 unspecified atom stereocenters. The van der Waals surface area contributed by atoms with Crippen LogP contribution in [0.5, 0.6) is 11.5 Å². The average molecular weight is 775 g/mol. The first-order chi connectivity index (χ1) is 27.7. The highest BCUT2D eigenvalue weighted by molar-refractivity contribution is 5.95. The number of methoxy groups -OCH3 is 2. The highest BCUT2D eigenvalue weighted by atomic mass is 16.5. The number of anilines is 2. The van der Waals surface area contributed by atoms with Gasteiger partial charge < -0.3 is 43.6 Å². The molecule has 57 heavy (non-hydrogen) atoms. The van der Waals surface area contributed by atoms with Crippen molar-refractivity contribution in [3.8, 4) is 34.3 Å². The Morgan fingerprint density at radius 2 is 1.11 bits per heavy atom. The number of aryl methyl sites for hydroxylation is 2. The molecule has 2 aromatic heterocycles. The molecule has 6 aromatic rings. The van der Waals surface area contributed by atoms with Crippen molar-refractivity contribution in [2.45, 2.75) is 13.8 Å². The van der Waals surface area contributed by atoms with Crippen LogP contribution in [0.2, 0.25) is 0 Å². The van der Waals surface area contributed by atoms with E-state index in [0.717, 1.165) is 62.0 Å². The molecule has 2 aliphatic rings. The number of nitrogens with zero attached hydrogens (tertiary/aromatic N) is 7. The minimum Gasteiger partial charge on any atom is -0.495 e. The van der Waals surface area contributed by atoms with Crippen molar-refractivity contribution in [2.24, 2.45) is 0 Å². The van der Waals surface area contributed by atoms with E-state index in [4.69, 9.17) is 23.6 Å². The van der Waals surface area contributed by atoms with Crippen molar-refractivity contribution in [1.82, 2.24) is 30.5 Å². The monoisotopic (exact) mass is 774 g/mol. The van der Waals surface area contributed by atoms with Crippen LogP contribution in [0, 0.1) is 13.8 Å². The molecule has 15 heteroatoms. The number of amides is 1. The van der Waals surface area contributed by atoms with Gasteiger partial charge in [0, 0.05) is 82.9 Å². The predicted octanol–water partition coefficient (Wildman–Crippen LogP) is 5.86. The maximum Gasteiger partial charge on any atom is 0.335 e. The van der Waals surface area contributed by atoms with E-state index in [9.17, 15) is 9.59 Å². The number of hydrogen-bond acceptors (Lipinski definition) is 13. The normalized spacial score (nSPS) is 13.8. The number of rotatable bonds is 8. The number of hydrogen-bond donors (Lipinski definition) is 2. The van der Waals surface area contributed by atoms with Crippen LogP contribution in [-0.2, 0) is 0 Å². The molecule has 2 saturated heterocycles. The Morgan fingerprint density at radius 3 is 1.58 bits per heavy atom. The number of carboxylic acid groups (broad SMARTS) is 1. The third-order valence-electron chi connectivity index (χ3n) is 9.33. The van der Waals surface area contributed by atoms with Crippen LogP contribution in [0.4, 0.5) is 11.4 Å². The molecular weight excluding hydrogens is 729 g/mol. The van der Waals surface area contributed by atoms with Crippen LogP contribution < -0.4 is 24.6 Å². The number of carbonyl (C=O) groups is 2. The topological polar surface area (TPSA) is 172 Å². The van der Waals surface area contributed by atoms with E-state index in [2.05, 4.69) is 47.5 Å². The second kappa shape index (κ2) is 19.2. The van der Waals surface area contributed by atoms with Gasteiger partial charge in [0.2, 0.25) is 23.4 Å². The number of piperazine rings is 2. The summed E-state index contributed by atoms with van der Waals surface area (Å²) in [6.07, 6.45) is 0. The number of aromatic nitrogens is 4. The van der Waals surface area contributed by atoms with Crippen LogP contribution in [-0.4, -0.2) is 109 Å². The lowest BCUT2D eigenvalue weighted by Gasteiger charge is -2.36. The van der Waals surface area contributed by atoms with Crippen molar-refractivity contribution in [2.75, 3.05) is 76.4 Å². The van der Waals surface area contributed by atoms with Crippen LogP contribution in [0.15, 0.2) is 106 Å². The fourth-order valence-corrected chi connectivity index (χ4v) is 6.44. The zero-order valence-electron chi connectivity index (χ0n) is 32.4. The second-order valence-corrected chi connectivity index (χ2v) is 13.1. The Morgan fingerprint density at radius 1 is 0.632 bits per heavy atom. The van der Waals surface area contributed by atoms with Crippen molar-refractivity contribution < 1.29 is 33.2 Å². The summed E-state index contributed by atoms with van der Waals surface area (Å²) in [5.74, 6) is 2.70. The largest absolute Gasteiger partial charge is 0.495 e. The van der Waals surface area contributed by atoms with E-state index >= 15 is 0 Å². The molecule has 4 heterocycles. The van der Waals surface area contributed by atoms with E-state index in [1.54, 1.807) is 40.2 Å². The maximum absolute atomic E-state index is 13.0. The fraction of sp³-hybridized carbons (Fsp3) is 0.286. The SMILES string of the molecule is COc1ccccc1N1CCN(C(=O)c2cccc(-c3noc(C)n3)c2)CC1.COc1ccccc1N1CCNCC1.Cc1nc(-c2cccc(C(=O)O)c2)no1. The molecule has 2 aliphatic heterocycles. The molecule has 296 valence electrons. The molecule has 15 nitrogen and oxygen atoms in total. The minimum atomic E-state index is -0.975. The Bertz CT molecular complexity index is 2240. The van der Waals surface area contributed by atoms with Gasteiger partial charge in [0.25, 0.3) is 5.91 Å². The molecule has 0 spiro atoms. The van der Waals surface area contributed by atoms with E-state index in [-0.39, 0.29) is 11.5 Å².